The van der Waals surface area contributed by atoms with Crippen molar-refractivity contribution in [3.05, 3.63) is 48.0 Å². The Labute approximate surface area is 201 Å². The monoisotopic (exact) mass is 465 g/mol. The van der Waals surface area contributed by atoms with E-state index >= 15 is 0 Å². The van der Waals surface area contributed by atoms with Crippen molar-refractivity contribution in [1.29, 1.82) is 0 Å². The Bertz CT molecular complexity index is 1110. The molecular formula is C28H35NO5. The lowest BCUT2D eigenvalue weighted by molar-refractivity contribution is -0.252. The van der Waals surface area contributed by atoms with E-state index in [-0.39, 0.29) is 29.8 Å². The molecule has 3 fully saturated rings. The number of aliphatic hydroxyl groups is 1. The summed E-state index contributed by atoms with van der Waals surface area (Å²) in [4.78, 5) is 25.7. The highest BCUT2D eigenvalue weighted by Crippen LogP contribution is 2.62. The van der Waals surface area contributed by atoms with Crippen LogP contribution in [0.2, 0.25) is 0 Å². The molecule has 7 atom stereocenters. The van der Waals surface area contributed by atoms with Crippen LogP contribution in [-0.4, -0.2) is 46.9 Å². The van der Waals surface area contributed by atoms with Gasteiger partial charge < -0.3 is 19.9 Å². The van der Waals surface area contributed by atoms with Gasteiger partial charge in [-0.25, -0.2) is 4.79 Å². The molecule has 2 aromatic carbocycles. The number of carbonyl (C=O) groups is 2. The van der Waals surface area contributed by atoms with Crippen molar-refractivity contribution in [2.45, 2.75) is 70.3 Å². The summed E-state index contributed by atoms with van der Waals surface area (Å²) in [6, 6.07) is 13.4. The molecular weight excluding hydrogens is 430 g/mol. The van der Waals surface area contributed by atoms with Crippen molar-refractivity contribution in [3.8, 4) is 0 Å². The second-order valence-corrected chi connectivity index (χ2v) is 11.0. The maximum Gasteiger partial charge on any atom is 0.338 e. The Morgan fingerprint density at radius 1 is 1.18 bits per heavy atom. The van der Waals surface area contributed by atoms with Gasteiger partial charge in [-0.1, -0.05) is 51.1 Å². The molecule has 1 amide bonds. The van der Waals surface area contributed by atoms with E-state index in [1.807, 2.05) is 42.5 Å². The molecule has 6 heteroatoms. The van der Waals surface area contributed by atoms with Crippen LogP contribution >= 0.6 is 0 Å². The predicted molar refractivity (Wildman–Crippen MR) is 129 cm³/mol. The quantitative estimate of drug-likeness (QED) is 0.650. The Morgan fingerprint density at radius 2 is 1.91 bits per heavy atom. The molecule has 1 saturated carbocycles. The lowest BCUT2D eigenvalue weighted by Gasteiger charge is -2.53. The van der Waals surface area contributed by atoms with Crippen molar-refractivity contribution in [1.82, 2.24) is 5.32 Å². The fourth-order valence-corrected chi connectivity index (χ4v) is 7.07. The molecule has 6 nitrogen and oxygen atoms in total. The van der Waals surface area contributed by atoms with Crippen molar-refractivity contribution in [2.75, 3.05) is 6.61 Å². The predicted octanol–water partition coefficient (Wildman–Crippen LogP) is 4.09. The zero-order valence-corrected chi connectivity index (χ0v) is 20.4. The maximum atomic E-state index is 13.5. The number of benzene rings is 2. The van der Waals surface area contributed by atoms with Gasteiger partial charge in [-0.2, -0.15) is 0 Å². The zero-order chi connectivity index (χ0) is 24.3. The number of ether oxygens (including phenoxy) is 2. The van der Waals surface area contributed by atoms with Gasteiger partial charge in [0.25, 0.3) is 0 Å². The molecule has 2 bridgehead atoms. The molecule has 5 rings (SSSR count). The highest BCUT2D eigenvalue weighted by atomic mass is 16.6. The van der Waals surface area contributed by atoms with Gasteiger partial charge in [-0.15, -0.1) is 0 Å². The first-order chi connectivity index (χ1) is 16.2. The van der Waals surface area contributed by atoms with Gasteiger partial charge in [-0.3, -0.25) is 4.79 Å². The lowest BCUT2D eigenvalue weighted by atomic mass is 9.69. The first-order valence-corrected chi connectivity index (χ1v) is 12.5. The van der Waals surface area contributed by atoms with Crippen LogP contribution in [0.4, 0.5) is 0 Å². The highest BCUT2D eigenvalue weighted by Gasteiger charge is 2.71. The number of rotatable bonds is 5. The Morgan fingerprint density at radius 3 is 2.62 bits per heavy atom. The summed E-state index contributed by atoms with van der Waals surface area (Å²) in [7, 11) is 0. The van der Waals surface area contributed by atoms with E-state index in [0.717, 1.165) is 23.6 Å². The number of nitrogens with one attached hydrogen (secondary N) is 1. The molecule has 2 saturated heterocycles. The molecule has 182 valence electrons. The Balaban J connectivity index is 1.52. The molecule has 34 heavy (non-hydrogen) atoms. The number of hydrogen-bond acceptors (Lipinski definition) is 5. The van der Waals surface area contributed by atoms with Gasteiger partial charge in [0.05, 0.1) is 17.2 Å². The second-order valence-electron chi connectivity index (χ2n) is 11.0. The summed E-state index contributed by atoms with van der Waals surface area (Å²) < 4.78 is 13.3. The third kappa shape index (κ3) is 3.45. The smallest absolute Gasteiger partial charge is 0.338 e. The van der Waals surface area contributed by atoms with E-state index < -0.39 is 29.8 Å². The largest absolute Gasteiger partial charge is 0.455 e. The van der Waals surface area contributed by atoms with Gasteiger partial charge in [0.1, 0.15) is 18.3 Å². The molecule has 2 N–H and O–H groups in total. The van der Waals surface area contributed by atoms with Gasteiger partial charge >= 0.3 is 5.97 Å². The summed E-state index contributed by atoms with van der Waals surface area (Å²) in [5.74, 6) is 0.0492. The molecule has 0 aromatic heterocycles. The third-order valence-corrected chi connectivity index (χ3v) is 8.92. The fraction of sp³-hybridized carbons (Fsp3) is 0.571. The number of esters is 1. The van der Waals surface area contributed by atoms with Crippen LogP contribution in [-0.2, 0) is 14.3 Å². The summed E-state index contributed by atoms with van der Waals surface area (Å²) in [6.07, 6.45) is 2.15. The van der Waals surface area contributed by atoms with Crippen molar-refractivity contribution < 1.29 is 24.2 Å². The summed E-state index contributed by atoms with van der Waals surface area (Å²) >= 11 is 0. The van der Waals surface area contributed by atoms with E-state index in [2.05, 4.69) is 33.0 Å². The molecule has 2 heterocycles. The molecule has 0 unspecified atom stereocenters. The first kappa shape index (κ1) is 23.3. The van der Waals surface area contributed by atoms with Crippen LogP contribution in [0.25, 0.3) is 10.8 Å². The zero-order valence-electron chi connectivity index (χ0n) is 20.4. The van der Waals surface area contributed by atoms with Crippen molar-refractivity contribution >= 4 is 22.6 Å². The third-order valence-electron chi connectivity index (χ3n) is 8.92. The summed E-state index contributed by atoms with van der Waals surface area (Å²) in [5, 5.41) is 14.5. The van der Waals surface area contributed by atoms with Crippen LogP contribution in [0.15, 0.2) is 42.5 Å². The number of hydrogen-bond donors (Lipinski definition) is 2. The van der Waals surface area contributed by atoms with E-state index in [1.54, 1.807) is 0 Å². The minimum Gasteiger partial charge on any atom is -0.455 e. The average Bonchev–Trinajstić information content (AvgIpc) is 3.34. The van der Waals surface area contributed by atoms with Crippen molar-refractivity contribution in [2.24, 2.45) is 23.7 Å². The molecule has 2 aliphatic heterocycles. The van der Waals surface area contributed by atoms with Crippen LogP contribution in [0.1, 0.15) is 57.3 Å². The van der Waals surface area contributed by atoms with E-state index in [1.165, 1.54) is 0 Å². The maximum absolute atomic E-state index is 13.5. The van der Waals surface area contributed by atoms with Gasteiger partial charge in [0.15, 0.2) is 0 Å². The molecule has 0 radical (unpaired) electrons. The molecule has 2 aromatic rings. The van der Waals surface area contributed by atoms with Gasteiger partial charge in [0, 0.05) is 12.3 Å². The Hall–Kier alpha value is -2.44. The fourth-order valence-electron chi connectivity index (χ4n) is 7.07. The SMILES string of the molecule is CC(C)[C@@]12C[C@@H](NC(=O)CO)[C@@](C)(O1)[C@@H]1CC[C@@H](C)[C@H]1[C@@H]2OC(=O)c1ccc2ccccc2c1. The topological polar surface area (TPSA) is 84.9 Å². The van der Waals surface area contributed by atoms with Crippen LogP contribution in [0.5, 0.6) is 0 Å². The van der Waals surface area contributed by atoms with Crippen molar-refractivity contribution in [3.63, 3.8) is 0 Å². The number of amides is 1. The number of carbonyl (C=O) groups excluding carboxylic acids is 2. The lowest BCUT2D eigenvalue weighted by Crippen LogP contribution is -2.63. The van der Waals surface area contributed by atoms with Gasteiger partial charge in [0.2, 0.25) is 5.91 Å². The van der Waals surface area contributed by atoms with E-state index in [9.17, 15) is 14.7 Å². The highest BCUT2D eigenvalue weighted by molar-refractivity contribution is 5.95. The van der Waals surface area contributed by atoms with E-state index in [0.29, 0.717) is 17.9 Å². The van der Waals surface area contributed by atoms with Crippen LogP contribution in [0.3, 0.4) is 0 Å². The summed E-state index contributed by atoms with van der Waals surface area (Å²) in [5.41, 5.74) is -0.721. The average molecular weight is 466 g/mol. The number of fused-ring (bicyclic) bond motifs is 5. The summed E-state index contributed by atoms with van der Waals surface area (Å²) in [6.45, 7) is 7.99. The first-order valence-electron chi connectivity index (χ1n) is 12.5. The van der Waals surface area contributed by atoms with Gasteiger partial charge in [-0.05, 0) is 60.4 Å². The van der Waals surface area contributed by atoms with Crippen LogP contribution in [0, 0.1) is 23.7 Å². The molecule has 3 aliphatic rings. The molecule has 0 spiro atoms. The minimum atomic E-state index is -0.700. The second kappa shape index (κ2) is 8.35. The van der Waals surface area contributed by atoms with E-state index in [4.69, 9.17) is 9.47 Å². The standard InChI is InChI=1S/C28H35NO5/c1-16(2)28-14-22(29-23(31)15-30)27(4,34-28)21-12-9-17(3)24(21)25(28)33-26(32)20-11-10-18-7-5-6-8-19(18)13-20/h5-8,10-11,13,16-17,21-22,24-25,30H,9,12,14-15H2,1-4H3,(H,29,31)/t17-,21-,22-,24-,25+,27+,28-/m1/s1. The number of aliphatic hydroxyl groups excluding tert-OH is 1. The normalized spacial score (nSPS) is 36.5. The van der Waals surface area contributed by atoms with Crippen LogP contribution < -0.4 is 5.32 Å². The molecule has 1 aliphatic carbocycles. The minimum absolute atomic E-state index is 0.0750. The Kier molecular flexibility index (Phi) is 5.72.